The molecule has 0 fully saturated rings. The molecule has 2 aromatic carbocycles. The molecule has 0 N–H and O–H groups in total. The fraction of sp³-hybridized carbons (Fsp3) is 0.407. The molecule has 3 aromatic rings. The van der Waals surface area contributed by atoms with Crippen molar-refractivity contribution in [1.82, 2.24) is 9.80 Å². The molecule has 0 spiro atoms. The average Bonchev–Trinajstić information content (AvgIpc) is 3.00. The summed E-state index contributed by atoms with van der Waals surface area (Å²) in [7, 11) is 4.03. The van der Waals surface area contributed by atoms with E-state index in [2.05, 4.69) is 37.8 Å². The molecule has 1 aliphatic rings. The number of amides is 1. The van der Waals surface area contributed by atoms with Crippen molar-refractivity contribution in [2.75, 3.05) is 27.2 Å². The van der Waals surface area contributed by atoms with Gasteiger partial charge in [-0.05, 0) is 62.7 Å². The van der Waals surface area contributed by atoms with Crippen LogP contribution in [0.4, 0.5) is 0 Å². The zero-order valence-electron chi connectivity index (χ0n) is 19.9. The molecule has 0 unspecified atom stereocenters. The second kappa shape index (κ2) is 8.21. The molecule has 5 nitrogen and oxygen atoms in total. The maximum atomic E-state index is 13.6. The molecule has 4 rings (SSSR count). The second-order valence-electron chi connectivity index (χ2n) is 10.1. The van der Waals surface area contributed by atoms with Gasteiger partial charge in [-0.3, -0.25) is 9.59 Å². The van der Waals surface area contributed by atoms with E-state index in [4.69, 9.17) is 4.42 Å². The zero-order valence-corrected chi connectivity index (χ0v) is 19.9. The van der Waals surface area contributed by atoms with Crippen molar-refractivity contribution in [3.8, 4) is 0 Å². The summed E-state index contributed by atoms with van der Waals surface area (Å²) in [5.74, 6) is -0.0238. The molecule has 1 aliphatic heterocycles. The smallest absolute Gasteiger partial charge is 0.290 e. The van der Waals surface area contributed by atoms with Crippen molar-refractivity contribution in [3.05, 3.63) is 80.7 Å². The predicted molar refractivity (Wildman–Crippen MR) is 128 cm³/mol. The van der Waals surface area contributed by atoms with Crippen molar-refractivity contribution in [2.24, 2.45) is 0 Å². The van der Waals surface area contributed by atoms with Crippen molar-refractivity contribution < 1.29 is 9.21 Å². The number of fused-ring (bicyclic) bond motifs is 2. The topological polar surface area (TPSA) is 53.8 Å². The SMILES string of the molecule is Cc1ccc2oc3c(c(=O)c2c1)[C@H](c1ccc(C(C)(C)C)cc1)N(CCCN(C)C)C3=O. The van der Waals surface area contributed by atoms with E-state index >= 15 is 0 Å². The Balaban J connectivity index is 1.86. The van der Waals surface area contributed by atoms with E-state index in [1.165, 1.54) is 5.56 Å². The minimum Gasteiger partial charge on any atom is -0.450 e. The highest BCUT2D eigenvalue weighted by molar-refractivity contribution is 5.99. The maximum absolute atomic E-state index is 13.6. The van der Waals surface area contributed by atoms with Gasteiger partial charge in [-0.1, -0.05) is 56.7 Å². The summed E-state index contributed by atoms with van der Waals surface area (Å²) in [5, 5.41) is 0.531. The molecule has 0 bridgehead atoms. The van der Waals surface area contributed by atoms with Crippen LogP contribution in [0.1, 0.15) is 66.0 Å². The molecular formula is C27H32N2O3. The van der Waals surface area contributed by atoms with Gasteiger partial charge >= 0.3 is 0 Å². The normalized spacial score (nSPS) is 16.3. The Labute approximate surface area is 189 Å². The van der Waals surface area contributed by atoms with E-state index in [0.717, 1.165) is 24.1 Å². The van der Waals surface area contributed by atoms with Gasteiger partial charge in [0.15, 0.2) is 5.43 Å². The molecule has 1 atom stereocenters. The van der Waals surface area contributed by atoms with Crippen LogP contribution in [-0.2, 0) is 5.41 Å². The molecule has 0 radical (unpaired) electrons. The lowest BCUT2D eigenvalue weighted by Gasteiger charge is -2.26. The number of hydrogen-bond acceptors (Lipinski definition) is 4. The second-order valence-corrected chi connectivity index (χ2v) is 10.1. The van der Waals surface area contributed by atoms with Gasteiger partial charge in [0.2, 0.25) is 5.76 Å². The molecule has 32 heavy (non-hydrogen) atoms. The standard InChI is InChI=1S/C27H32N2O3/c1-17-8-13-21-20(16-17)24(30)22-23(18-9-11-19(12-10-18)27(2,3)4)29(15-7-14-28(5)6)26(31)25(22)32-21/h8-13,16,23H,7,14-15H2,1-6H3/t23-/m0/s1. The quantitative estimate of drug-likeness (QED) is 0.576. The van der Waals surface area contributed by atoms with Gasteiger partial charge in [-0.25, -0.2) is 0 Å². The predicted octanol–water partition coefficient (Wildman–Crippen LogP) is 4.90. The number of nitrogens with zero attached hydrogens (tertiary/aromatic N) is 2. The van der Waals surface area contributed by atoms with Crippen molar-refractivity contribution in [1.29, 1.82) is 0 Å². The summed E-state index contributed by atoms with van der Waals surface area (Å²) < 4.78 is 6.04. The summed E-state index contributed by atoms with van der Waals surface area (Å²) >= 11 is 0. The Bertz CT molecular complexity index is 1220. The van der Waals surface area contributed by atoms with Crippen LogP contribution in [0.25, 0.3) is 11.0 Å². The monoisotopic (exact) mass is 432 g/mol. The zero-order chi connectivity index (χ0) is 23.2. The third-order valence-corrected chi connectivity index (χ3v) is 6.22. The van der Waals surface area contributed by atoms with Crippen molar-refractivity contribution in [3.63, 3.8) is 0 Å². The van der Waals surface area contributed by atoms with E-state index in [-0.39, 0.29) is 22.5 Å². The minimum absolute atomic E-state index is 0.0279. The van der Waals surface area contributed by atoms with Gasteiger partial charge in [0, 0.05) is 6.54 Å². The Morgan fingerprint density at radius 1 is 1.03 bits per heavy atom. The number of rotatable bonds is 5. The third-order valence-electron chi connectivity index (χ3n) is 6.22. The summed E-state index contributed by atoms with van der Waals surface area (Å²) in [6, 6.07) is 13.4. The lowest BCUT2D eigenvalue weighted by atomic mass is 9.86. The van der Waals surface area contributed by atoms with Crippen LogP contribution in [0.3, 0.4) is 0 Å². The molecule has 0 saturated carbocycles. The Morgan fingerprint density at radius 3 is 2.34 bits per heavy atom. The van der Waals surface area contributed by atoms with Crippen LogP contribution in [-0.4, -0.2) is 42.9 Å². The van der Waals surface area contributed by atoms with Gasteiger partial charge in [-0.2, -0.15) is 0 Å². The van der Waals surface area contributed by atoms with Crippen LogP contribution in [0.2, 0.25) is 0 Å². The summed E-state index contributed by atoms with van der Waals surface area (Å²) in [5.41, 5.74) is 3.98. The van der Waals surface area contributed by atoms with Gasteiger partial charge in [0.05, 0.1) is 17.0 Å². The van der Waals surface area contributed by atoms with Gasteiger partial charge in [0.25, 0.3) is 5.91 Å². The van der Waals surface area contributed by atoms with Gasteiger partial charge in [-0.15, -0.1) is 0 Å². The molecule has 2 heterocycles. The highest BCUT2D eigenvalue weighted by Gasteiger charge is 2.42. The van der Waals surface area contributed by atoms with Crippen LogP contribution in [0.5, 0.6) is 0 Å². The van der Waals surface area contributed by atoms with E-state index < -0.39 is 6.04 Å². The first-order chi connectivity index (χ1) is 15.1. The highest BCUT2D eigenvalue weighted by Crippen LogP contribution is 2.39. The first kappa shape index (κ1) is 22.3. The van der Waals surface area contributed by atoms with Crippen LogP contribution < -0.4 is 5.43 Å². The summed E-state index contributed by atoms with van der Waals surface area (Å²) in [4.78, 5) is 30.9. The summed E-state index contributed by atoms with van der Waals surface area (Å²) in [6.07, 6.45) is 0.816. The largest absolute Gasteiger partial charge is 0.450 e. The number of carbonyl (C=O) groups is 1. The molecule has 0 aliphatic carbocycles. The van der Waals surface area contributed by atoms with E-state index in [1.807, 2.05) is 45.3 Å². The minimum atomic E-state index is -0.435. The van der Waals surface area contributed by atoms with E-state index in [0.29, 0.717) is 23.1 Å². The highest BCUT2D eigenvalue weighted by atomic mass is 16.3. The van der Waals surface area contributed by atoms with Crippen molar-refractivity contribution in [2.45, 2.75) is 45.6 Å². The Hall–Kier alpha value is -2.92. The molecular weight excluding hydrogens is 400 g/mol. The lowest BCUT2D eigenvalue weighted by Crippen LogP contribution is -2.32. The maximum Gasteiger partial charge on any atom is 0.290 e. The number of hydrogen-bond donors (Lipinski definition) is 0. The van der Waals surface area contributed by atoms with Crippen LogP contribution in [0.15, 0.2) is 51.7 Å². The van der Waals surface area contributed by atoms with Crippen LogP contribution >= 0.6 is 0 Å². The number of benzene rings is 2. The fourth-order valence-electron chi connectivity index (χ4n) is 4.43. The van der Waals surface area contributed by atoms with Gasteiger partial charge in [0.1, 0.15) is 5.58 Å². The molecule has 1 amide bonds. The molecule has 168 valence electrons. The number of aryl methyl sites for hydroxylation is 1. The first-order valence-corrected chi connectivity index (χ1v) is 11.2. The Morgan fingerprint density at radius 2 is 1.72 bits per heavy atom. The average molecular weight is 433 g/mol. The van der Waals surface area contributed by atoms with Crippen molar-refractivity contribution >= 4 is 16.9 Å². The summed E-state index contributed by atoms with van der Waals surface area (Å²) in [6.45, 7) is 9.89. The van der Waals surface area contributed by atoms with E-state index in [1.54, 1.807) is 11.0 Å². The molecule has 0 saturated heterocycles. The Kier molecular flexibility index (Phi) is 5.72. The molecule has 1 aromatic heterocycles. The fourth-order valence-corrected chi connectivity index (χ4v) is 4.43. The lowest BCUT2D eigenvalue weighted by molar-refractivity contribution is 0.0722. The van der Waals surface area contributed by atoms with E-state index in [9.17, 15) is 9.59 Å². The van der Waals surface area contributed by atoms with Crippen LogP contribution in [0, 0.1) is 6.92 Å². The molecule has 5 heteroatoms. The first-order valence-electron chi connectivity index (χ1n) is 11.2. The van der Waals surface area contributed by atoms with Gasteiger partial charge < -0.3 is 14.2 Å². The number of carbonyl (C=O) groups excluding carboxylic acids is 1. The third kappa shape index (κ3) is 3.97.